The zero-order valence-electron chi connectivity index (χ0n) is 13.1. The van der Waals surface area contributed by atoms with Crippen molar-refractivity contribution < 1.29 is 9.53 Å². The van der Waals surface area contributed by atoms with Crippen molar-refractivity contribution in [3.63, 3.8) is 0 Å². The molecule has 2 aromatic rings. The third kappa shape index (κ3) is 3.75. The number of rotatable bonds is 4. The van der Waals surface area contributed by atoms with Crippen LogP contribution in [0, 0.1) is 0 Å². The van der Waals surface area contributed by atoms with Crippen molar-refractivity contribution in [2.45, 2.75) is 31.9 Å². The zero-order chi connectivity index (χ0) is 16.2. The number of likely N-dealkylation sites (tertiary alicyclic amines) is 1. The maximum atomic E-state index is 12.8. The van der Waals surface area contributed by atoms with Crippen LogP contribution in [0.15, 0.2) is 59.1 Å². The smallest absolute Gasteiger partial charge is 0.263 e. The van der Waals surface area contributed by atoms with Gasteiger partial charge >= 0.3 is 0 Å². The van der Waals surface area contributed by atoms with Gasteiger partial charge in [-0.05, 0) is 49.6 Å². The third-order valence-corrected chi connectivity index (χ3v) is 4.72. The maximum Gasteiger partial charge on any atom is 0.263 e. The van der Waals surface area contributed by atoms with Crippen molar-refractivity contribution in [1.82, 2.24) is 4.90 Å². The molecule has 1 amide bonds. The van der Waals surface area contributed by atoms with Crippen molar-refractivity contribution >= 4 is 21.8 Å². The van der Waals surface area contributed by atoms with Crippen LogP contribution in [0.1, 0.15) is 31.4 Å². The van der Waals surface area contributed by atoms with Crippen LogP contribution in [-0.2, 0) is 4.79 Å². The first-order chi connectivity index (χ1) is 11.1. The number of amides is 1. The van der Waals surface area contributed by atoms with Gasteiger partial charge in [0, 0.05) is 11.0 Å². The molecule has 2 aromatic carbocycles. The van der Waals surface area contributed by atoms with E-state index in [1.165, 1.54) is 5.56 Å². The second-order valence-electron chi connectivity index (χ2n) is 5.81. The highest BCUT2D eigenvalue weighted by molar-refractivity contribution is 9.10. The van der Waals surface area contributed by atoms with Gasteiger partial charge < -0.3 is 9.64 Å². The van der Waals surface area contributed by atoms with E-state index in [2.05, 4.69) is 28.1 Å². The van der Waals surface area contributed by atoms with E-state index in [9.17, 15) is 4.79 Å². The Balaban J connectivity index is 1.70. The van der Waals surface area contributed by atoms with Gasteiger partial charge in [-0.15, -0.1) is 0 Å². The van der Waals surface area contributed by atoms with E-state index in [0.717, 1.165) is 23.9 Å². The Hall–Kier alpha value is -1.81. The molecule has 0 radical (unpaired) electrons. The summed E-state index contributed by atoms with van der Waals surface area (Å²) in [5.74, 6) is 0.767. The van der Waals surface area contributed by atoms with E-state index in [1.807, 2.05) is 54.3 Å². The monoisotopic (exact) mass is 373 g/mol. The molecule has 120 valence electrons. The summed E-state index contributed by atoms with van der Waals surface area (Å²) in [4.78, 5) is 14.7. The lowest BCUT2D eigenvalue weighted by Crippen LogP contribution is -2.40. The molecule has 0 spiro atoms. The van der Waals surface area contributed by atoms with Gasteiger partial charge in [0.25, 0.3) is 5.91 Å². The molecule has 0 unspecified atom stereocenters. The quantitative estimate of drug-likeness (QED) is 0.784. The zero-order valence-corrected chi connectivity index (χ0v) is 14.7. The summed E-state index contributed by atoms with van der Waals surface area (Å²) in [7, 11) is 0. The Kier molecular flexibility index (Phi) is 5.01. The molecule has 1 saturated heterocycles. The highest BCUT2D eigenvalue weighted by Gasteiger charge is 2.33. The summed E-state index contributed by atoms with van der Waals surface area (Å²) in [6.45, 7) is 2.62. The van der Waals surface area contributed by atoms with Crippen LogP contribution in [0.3, 0.4) is 0 Å². The fraction of sp³-hybridized carbons (Fsp3) is 0.316. The highest BCUT2D eigenvalue weighted by atomic mass is 79.9. The minimum absolute atomic E-state index is 0.0549. The van der Waals surface area contributed by atoms with Crippen molar-refractivity contribution in [3.05, 3.63) is 64.6 Å². The van der Waals surface area contributed by atoms with Crippen molar-refractivity contribution in [3.8, 4) is 5.75 Å². The van der Waals surface area contributed by atoms with Gasteiger partial charge in [0.2, 0.25) is 0 Å². The van der Waals surface area contributed by atoms with Crippen molar-refractivity contribution in [2.24, 2.45) is 0 Å². The van der Waals surface area contributed by atoms with Gasteiger partial charge in [-0.3, -0.25) is 4.79 Å². The third-order valence-electron chi connectivity index (χ3n) is 4.19. The van der Waals surface area contributed by atoms with Gasteiger partial charge in [-0.25, -0.2) is 0 Å². The molecule has 1 heterocycles. The summed E-state index contributed by atoms with van der Waals surface area (Å²) in [6, 6.07) is 18.0. The van der Waals surface area contributed by atoms with Crippen LogP contribution in [0.4, 0.5) is 0 Å². The Morgan fingerprint density at radius 3 is 2.57 bits per heavy atom. The molecule has 0 aliphatic carbocycles. The number of carbonyl (C=O) groups is 1. The van der Waals surface area contributed by atoms with Gasteiger partial charge in [-0.1, -0.05) is 46.3 Å². The van der Waals surface area contributed by atoms with E-state index in [4.69, 9.17) is 4.74 Å². The molecule has 0 bridgehead atoms. The first kappa shape index (κ1) is 16.1. The predicted octanol–water partition coefficient (Wildman–Crippen LogP) is 4.58. The molecular weight excluding hydrogens is 354 g/mol. The minimum atomic E-state index is -0.486. The van der Waals surface area contributed by atoms with Crippen LogP contribution in [0.5, 0.6) is 5.75 Å². The standard InChI is InChI=1S/C19H20BrNO2/c1-14(23-17-11-9-16(20)10-12-17)19(22)21-13-5-8-18(21)15-6-3-2-4-7-15/h2-4,6-7,9-12,14,18H,5,8,13H2,1H3/t14-,18+/m0/s1. The molecule has 4 heteroatoms. The van der Waals surface area contributed by atoms with Crippen LogP contribution in [0.25, 0.3) is 0 Å². The number of nitrogens with zero attached hydrogens (tertiary/aromatic N) is 1. The average Bonchev–Trinajstić information content (AvgIpc) is 3.06. The van der Waals surface area contributed by atoms with Crippen molar-refractivity contribution in [2.75, 3.05) is 6.54 Å². The number of carbonyl (C=O) groups excluding carboxylic acids is 1. The highest BCUT2D eigenvalue weighted by Crippen LogP contribution is 2.32. The van der Waals surface area contributed by atoms with Crippen LogP contribution < -0.4 is 4.74 Å². The molecule has 0 saturated carbocycles. The molecular formula is C19H20BrNO2. The van der Waals surface area contributed by atoms with Crippen molar-refractivity contribution in [1.29, 1.82) is 0 Å². The predicted molar refractivity (Wildman–Crippen MR) is 94.4 cm³/mol. The van der Waals surface area contributed by atoms with E-state index >= 15 is 0 Å². The van der Waals surface area contributed by atoms with E-state index in [0.29, 0.717) is 5.75 Å². The number of benzene rings is 2. The first-order valence-corrected chi connectivity index (χ1v) is 8.72. The first-order valence-electron chi connectivity index (χ1n) is 7.93. The van der Waals surface area contributed by atoms with Gasteiger partial charge in [0.15, 0.2) is 6.10 Å². The Bertz CT molecular complexity index is 657. The second kappa shape index (κ2) is 7.18. The minimum Gasteiger partial charge on any atom is -0.481 e. The summed E-state index contributed by atoms with van der Waals surface area (Å²) < 4.78 is 6.81. The number of ether oxygens (including phenoxy) is 1. The molecule has 1 fully saturated rings. The topological polar surface area (TPSA) is 29.5 Å². The Labute approximate surface area is 145 Å². The van der Waals surface area contributed by atoms with E-state index < -0.39 is 6.10 Å². The summed E-state index contributed by atoms with van der Waals surface area (Å²) >= 11 is 3.40. The van der Waals surface area contributed by atoms with E-state index in [-0.39, 0.29) is 11.9 Å². The second-order valence-corrected chi connectivity index (χ2v) is 6.73. The molecule has 1 aliphatic heterocycles. The maximum absolute atomic E-state index is 12.8. The SMILES string of the molecule is C[C@H](Oc1ccc(Br)cc1)C(=O)N1CCC[C@@H]1c1ccccc1. The number of hydrogen-bond donors (Lipinski definition) is 0. The molecule has 2 atom stereocenters. The molecule has 23 heavy (non-hydrogen) atoms. The molecule has 0 aromatic heterocycles. The van der Waals surface area contributed by atoms with Gasteiger partial charge in [0.1, 0.15) is 5.75 Å². The lowest BCUT2D eigenvalue weighted by molar-refractivity contribution is -0.138. The Morgan fingerprint density at radius 2 is 1.87 bits per heavy atom. The Morgan fingerprint density at radius 1 is 1.17 bits per heavy atom. The van der Waals surface area contributed by atoms with E-state index in [1.54, 1.807) is 0 Å². The molecule has 0 N–H and O–H groups in total. The molecule has 1 aliphatic rings. The largest absolute Gasteiger partial charge is 0.481 e. The number of halogens is 1. The fourth-order valence-electron chi connectivity index (χ4n) is 3.05. The molecule has 3 rings (SSSR count). The summed E-state index contributed by atoms with van der Waals surface area (Å²) in [5, 5.41) is 0. The fourth-order valence-corrected chi connectivity index (χ4v) is 3.32. The van der Waals surface area contributed by atoms with Gasteiger partial charge in [-0.2, -0.15) is 0 Å². The summed E-state index contributed by atoms with van der Waals surface area (Å²) in [6.07, 6.45) is 1.57. The lowest BCUT2D eigenvalue weighted by atomic mass is 10.0. The van der Waals surface area contributed by atoms with Gasteiger partial charge in [0.05, 0.1) is 6.04 Å². The average molecular weight is 374 g/mol. The lowest BCUT2D eigenvalue weighted by Gasteiger charge is -2.28. The normalized spacial score (nSPS) is 18.7. The summed E-state index contributed by atoms with van der Waals surface area (Å²) in [5.41, 5.74) is 1.20. The van der Waals surface area contributed by atoms with Crippen LogP contribution in [-0.4, -0.2) is 23.5 Å². The van der Waals surface area contributed by atoms with Crippen LogP contribution in [0.2, 0.25) is 0 Å². The number of hydrogen-bond acceptors (Lipinski definition) is 2. The van der Waals surface area contributed by atoms with Crippen LogP contribution >= 0.6 is 15.9 Å². The molecule has 3 nitrogen and oxygen atoms in total.